The summed E-state index contributed by atoms with van der Waals surface area (Å²) in [6, 6.07) is 7.89. The van der Waals surface area contributed by atoms with Gasteiger partial charge >= 0.3 is 0 Å². The summed E-state index contributed by atoms with van der Waals surface area (Å²) in [7, 11) is 0. The fraction of sp³-hybridized carbons (Fsp3) is 0.471. The molecule has 1 N–H and O–H groups in total. The molecule has 0 aliphatic rings. The Morgan fingerprint density at radius 2 is 2.00 bits per heavy atom. The Balaban J connectivity index is 2.37. The van der Waals surface area contributed by atoms with Crippen LogP contribution in [0, 0.1) is 5.92 Å². The maximum absolute atomic E-state index is 11.8. The normalized spacial score (nSPS) is 12.6. The first-order valence-electron chi connectivity index (χ1n) is 7.37. The molecule has 2 nitrogen and oxygen atoms in total. The highest BCUT2D eigenvalue weighted by Gasteiger charge is 2.06. The lowest BCUT2D eigenvalue weighted by Gasteiger charge is -2.14. The van der Waals surface area contributed by atoms with Gasteiger partial charge in [0, 0.05) is 17.1 Å². The molecule has 3 heteroatoms. The average molecular weight is 338 g/mol. The molecular weight excluding hydrogens is 314 g/mol. The van der Waals surface area contributed by atoms with Crippen molar-refractivity contribution in [3.05, 3.63) is 40.4 Å². The first-order valence-corrected chi connectivity index (χ1v) is 8.16. The number of carbonyl (C=O) groups excluding carboxylic acids is 1. The number of unbranched alkanes of at least 4 members (excludes halogenated alkanes) is 1. The van der Waals surface area contributed by atoms with Crippen molar-refractivity contribution in [2.24, 2.45) is 5.92 Å². The summed E-state index contributed by atoms with van der Waals surface area (Å²) in [5.41, 5.74) is 1.03. The van der Waals surface area contributed by atoms with Crippen molar-refractivity contribution in [1.82, 2.24) is 5.32 Å². The van der Waals surface area contributed by atoms with E-state index in [1.54, 1.807) is 6.08 Å². The summed E-state index contributed by atoms with van der Waals surface area (Å²) in [6.45, 7) is 5.16. The van der Waals surface area contributed by atoms with E-state index >= 15 is 0 Å². The minimum absolute atomic E-state index is 0.0112. The highest BCUT2D eigenvalue weighted by atomic mass is 79.9. The van der Waals surface area contributed by atoms with Gasteiger partial charge in [-0.25, -0.2) is 0 Å². The van der Waals surface area contributed by atoms with Gasteiger partial charge in [0.05, 0.1) is 0 Å². The molecule has 0 heterocycles. The van der Waals surface area contributed by atoms with Crippen LogP contribution in [0.4, 0.5) is 0 Å². The van der Waals surface area contributed by atoms with Gasteiger partial charge in [-0.1, -0.05) is 61.2 Å². The van der Waals surface area contributed by atoms with Crippen LogP contribution in [-0.2, 0) is 4.79 Å². The highest BCUT2D eigenvalue weighted by molar-refractivity contribution is 9.10. The third-order valence-electron chi connectivity index (χ3n) is 3.41. The second-order valence-corrected chi connectivity index (χ2v) is 5.96. The van der Waals surface area contributed by atoms with Crippen molar-refractivity contribution < 1.29 is 4.79 Å². The quantitative estimate of drug-likeness (QED) is 0.678. The minimum Gasteiger partial charge on any atom is -0.352 e. The lowest BCUT2D eigenvalue weighted by Crippen LogP contribution is -2.27. The van der Waals surface area contributed by atoms with Gasteiger partial charge in [0.1, 0.15) is 0 Å². The number of rotatable bonds is 8. The van der Waals surface area contributed by atoms with Gasteiger partial charge in [-0.15, -0.1) is 0 Å². The van der Waals surface area contributed by atoms with Crippen LogP contribution in [0.25, 0.3) is 6.08 Å². The average Bonchev–Trinajstić information content (AvgIpc) is 2.47. The van der Waals surface area contributed by atoms with E-state index in [2.05, 4.69) is 35.1 Å². The van der Waals surface area contributed by atoms with Crippen molar-refractivity contribution >= 4 is 27.9 Å². The lowest BCUT2D eigenvalue weighted by molar-refractivity contribution is -0.116. The number of nitrogens with one attached hydrogen (secondary N) is 1. The third-order valence-corrected chi connectivity index (χ3v) is 3.93. The smallest absolute Gasteiger partial charge is 0.244 e. The number of benzene rings is 1. The second kappa shape index (κ2) is 9.76. The number of carbonyl (C=O) groups is 1. The van der Waals surface area contributed by atoms with Crippen LogP contribution in [0.1, 0.15) is 45.1 Å². The largest absolute Gasteiger partial charge is 0.352 e. The zero-order chi connectivity index (χ0) is 14.8. The van der Waals surface area contributed by atoms with Crippen LogP contribution in [-0.4, -0.2) is 12.5 Å². The fourth-order valence-electron chi connectivity index (χ4n) is 1.99. The van der Waals surface area contributed by atoms with Crippen molar-refractivity contribution in [3.63, 3.8) is 0 Å². The highest BCUT2D eigenvalue weighted by Crippen LogP contribution is 2.12. The Kier molecular flexibility index (Phi) is 8.28. The van der Waals surface area contributed by atoms with Crippen LogP contribution in [0.5, 0.6) is 0 Å². The van der Waals surface area contributed by atoms with E-state index in [-0.39, 0.29) is 5.91 Å². The van der Waals surface area contributed by atoms with Crippen molar-refractivity contribution in [1.29, 1.82) is 0 Å². The van der Waals surface area contributed by atoms with Crippen LogP contribution >= 0.6 is 15.9 Å². The summed E-state index contributed by atoms with van der Waals surface area (Å²) in [6.07, 6.45) is 8.22. The van der Waals surface area contributed by atoms with E-state index in [4.69, 9.17) is 0 Å². The first-order chi connectivity index (χ1) is 9.65. The van der Waals surface area contributed by atoms with E-state index in [0.717, 1.165) is 23.0 Å². The molecule has 1 unspecified atom stereocenters. The Morgan fingerprint density at radius 3 is 2.60 bits per heavy atom. The summed E-state index contributed by atoms with van der Waals surface area (Å²) >= 11 is 3.39. The SMILES string of the molecule is CCCCC(CC)CNC(=O)/C=C/c1ccc(Br)cc1. The summed E-state index contributed by atoms with van der Waals surface area (Å²) in [5, 5.41) is 2.99. The summed E-state index contributed by atoms with van der Waals surface area (Å²) in [4.78, 5) is 11.8. The third kappa shape index (κ3) is 6.90. The molecule has 110 valence electrons. The van der Waals surface area contributed by atoms with Gasteiger partial charge in [0.2, 0.25) is 5.91 Å². The standard InChI is InChI=1S/C17H24BrNO/c1-3-5-6-14(4-2)13-19-17(20)12-9-15-7-10-16(18)11-8-15/h7-12,14H,3-6,13H2,1-2H3,(H,19,20)/b12-9+. The van der Waals surface area contributed by atoms with Gasteiger partial charge in [-0.2, -0.15) is 0 Å². The summed E-state index contributed by atoms with van der Waals surface area (Å²) < 4.78 is 1.04. The monoisotopic (exact) mass is 337 g/mol. The molecule has 0 saturated heterocycles. The molecule has 0 bridgehead atoms. The minimum atomic E-state index is -0.0112. The van der Waals surface area contributed by atoms with E-state index in [0.29, 0.717) is 5.92 Å². The van der Waals surface area contributed by atoms with Crippen molar-refractivity contribution in [2.45, 2.75) is 39.5 Å². The molecule has 0 radical (unpaired) electrons. The van der Waals surface area contributed by atoms with Gasteiger partial charge in [-0.05, 0) is 36.1 Å². The Labute approximate surface area is 130 Å². The van der Waals surface area contributed by atoms with E-state index < -0.39 is 0 Å². The zero-order valence-electron chi connectivity index (χ0n) is 12.4. The number of hydrogen-bond donors (Lipinski definition) is 1. The molecule has 0 aliphatic carbocycles. The van der Waals surface area contributed by atoms with Crippen molar-refractivity contribution in [2.75, 3.05) is 6.54 Å². The zero-order valence-corrected chi connectivity index (χ0v) is 13.9. The van der Waals surface area contributed by atoms with E-state index in [1.807, 2.05) is 30.3 Å². The molecule has 1 rings (SSSR count). The number of hydrogen-bond acceptors (Lipinski definition) is 1. The lowest BCUT2D eigenvalue weighted by atomic mass is 9.99. The molecule has 1 aromatic rings. The van der Waals surface area contributed by atoms with Gasteiger partial charge in [-0.3, -0.25) is 4.79 Å². The Morgan fingerprint density at radius 1 is 1.30 bits per heavy atom. The molecule has 1 amide bonds. The summed E-state index contributed by atoms with van der Waals surface area (Å²) in [5.74, 6) is 0.586. The molecule has 1 aromatic carbocycles. The molecule has 0 aromatic heterocycles. The topological polar surface area (TPSA) is 29.1 Å². The van der Waals surface area contributed by atoms with Crippen LogP contribution < -0.4 is 5.32 Å². The van der Waals surface area contributed by atoms with Gasteiger partial charge < -0.3 is 5.32 Å². The van der Waals surface area contributed by atoms with Gasteiger partial charge in [0.25, 0.3) is 0 Å². The molecule has 1 atom stereocenters. The van der Waals surface area contributed by atoms with E-state index in [9.17, 15) is 4.79 Å². The Hall–Kier alpha value is -1.09. The second-order valence-electron chi connectivity index (χ2n) is 5.05. The maximum Gasteiger partial charge on any atom is 0.244 e. The van der Waals surface area contributed by atoms with Crippen LogP contribution in [0.15, 0.2) is 34.8 Å². The number of amides is 1. The molecule has 0 saturated carbocycles. The van der Waals surface area contributed by atoms with Crippen molar-refractivity contribution in [3.8, 4) is 0 Å². The molecule has 0 spiro atoms. The van der Waals surface area contributed by atoms with E-state index in [1.165, 1.54) is 19.3 Å². The predicted octanol–water partition coefficient (Wildman–Crippen LogP) is 4.79. The van der Waals surface area contributed by atoms with Crippen LogP contribution in [0.3, 0.4) is 0 Å². The maximum atomic E-state index is 11.8. The Bertz CT molecular complexity index is 425. The predicted molar refractivity (Wildman–Crippen MR) is 89.5 cm³/mol. The molecule has 20 heavy (non-hydrogen) atoms. The fourth-order valence-corrected chi connectivity index (χ4v) is 2.26. The molecule has 0 aliphatic heterocycles. The molecular formula is C17H24BrNO. The number of halogens is 1. The van der Waals surface area contributed by atoms with Crippen LogP contribution in [0.2, 0.25) is 0 Å². The van der Waals surface area contributed by atoms with Gasteiger partial charge in [0.15, 0.2) is 0 Å². The molecule has 0 fully saturated rings. The first kappa shape index (κ1) is 17.0.